The molecular formula is C16H28N4O3S. The van der Waals surface area contributed by atoms with E-state index in [2.05, 4.69) is 16.0 Å². The van der Waals surface area contributed by atoms with Gasteiger partial charge < -0.3 is 26.5 Å². The van der Waals surface area contributed by atoms with Gasteiger partial charge in [-0.15, -0.1) is 0 Å². The van der Waals surface area contributed by atoms with E-state index in [0.717, 1.165) is 44.1 Å². The first kappa shape index (κ1) is 19.1. The SMILES string of the molecule is NCCCC[C@@H](C=O)NC(=O)CCCC[C@@H]1SC[C@@H]2NC(=O)N[C@@H]21. The van der Waals surface area contributed by atoms with Gasteiger partial charge in [0.1, 0.15) is 6.29 Å². The van der Waals surface area contributed by atoms with Gasteiger partial charge in [0.05, 0.1) is 18.1 Å². The number of thioether (sulfide) groups is 1. The molecule has 0 saturated carbocycles. The smallest absolute Gasteiger partial charge is 0.315 e. The van der Waals surface area contributed by atoms with Gasteiger partial charge in [0.2, 0.25) is 5.91 Å². The normalized spacial score (nSPS) is 26.4. The van der Waals surface area contributed by atoms with Crippen molar-refractivity contribution in [3.63, 3.8) is 0 Å². The number of nitrogens with two attached hydrogens (primary N) is 1. The van der Waals surface area contributed by atoms with Crippen LogP contribution in [0.3, 0.4) is 0 Å². The average molecular weight is 356 g/mol. The standard InChI is InChI=1S/C16H28N4O3S/c17-8-4-3-5-11(9-21)18-14(22)7-2-1-6-13-15-12(10-24-13)19-16(23)20-15/h9,11-13,15H,1-8,10,17H2,(H,18,22)(H2,19,20,23)/t11-,12-,13-,15-/m0/s1. The number of fused-ring (bicyclic) bond motifs is 1. The van der Waals surface area contributed by atoms with Crippen LogP contribution in [0.2, 0.25) is 0 Å². The van der Waals surface area contributed by atoms with Gasteiger partial charge in [-0.05, 0) is 38.6 Å². The zero-order chi connectivity index (χ0) is 17.4. The van der Waals surface area contributed by atoms with E-state index in [-0.39, 0.29) is 24.0 Å². The van der Waals surface area contributed by atoms with Gasteiger partial charge in [-0.25, -0.2) is 4.79 Å². The number of aldehydes is 1. The number of nitrogens with one attached hydrogen (secondary N) is 3. The molecule has 0 aromatic rings. The van der Waals surface area contributed by atoms with Crippen LogP contribution in [0.15, 0.2) is 0 Å². The fourth-order valence-corrected chi connectivity index (χ4v) is 4.78. The van der Waals surface area contributed by atoms with Crippen molar-refractivity contribution in [1.82, 2.24) is 16.0 Å². The topological polar surface area (TPSA) is 113 Å². The number of carbonyl (C=O) groups excluding carboxylic acids is 3. The minimum absolute atomic E-state index is 0.0624. The maximum absolute atomic E-state index is 11.9. The van der Waals surface area contributed by atoms with Crippen molar-refractivity contribution in [1.29, 1.82) is 0 Å². The number of urea groups is 1. The highest BCUT2D eigenvalue weighted by Gasteiger charge is 2.42. The molecule has 5 N–H and O–H groups in total. The molecule has 0 radical (unpaired) electrons. The fourth-order valence-electron chi connectivity index (χ4n) is 3.24. The van der Waals surface area contributed by atoms with E-state index < -0.39 is 6.04 Å². The van der Waals surface area contributed by atoms with E-state index in [1.807, 2.05) is 11.8 Å². The zero-order valence-corrected chi connectivity index (χ0v) is 14.8. The number of hydrogen-bond acceptors (Lipinski definition) is 5. The van der Waals surface area contributed by atoms with Crippen LogP contribution in [-0.2, 0) is 9.59 Å². The van der Waals surface area contributed by atoms with Crippen LogP contribution in [-0.4, -0.2) is 53.9 Å². The summed E-state index contributed by atoms with van der Waals surface area (Å²) in [6.45, 7) is 0.608. The predicted molar refractivity (Wildman–Crippen MR) is 94.9 cm³/mol. The van der Waals surface area contributed by atoms with Crippen LogP contribution in [0.25, 0.3) is 0 Å². The van der Waals surface area contributed by atoms with Gasteiger partial charge in [0, 0.05) is 17.4 Å². The second-order valence-electron chi connectivity index (χ2n) is 6.46. The quantitative estimate of drug-likeness (QED) is 0.245. The highest BCUT2D eigenvalue weighted by atomic mass is 32.2. The highest BCUT2D eigenvalue weighted by molar-refractivity contribution is 8.00. The van der Waals surface area contributed by atoms with Crippen LogP contribution < -0.4 is 21.7 Å². The molecule has 2 aliphatic heterocycles. The Kier molecular flexibility index (Phi) is 7.84. The van der Waals surface area contributed by atoms with E-state index in [4.69, 9.17) is 5.73 Å². The largest absolute Gasteiger partial charge is 0.347 e. The summed E-state index contributed by atoms with van der Waals surface area (Å²) in [5.74, 6) is 0.894. The lowest BCUT2D eigenvalue weighted by Crippen LogP contribution is -2.37. The molecule has 2 fully saturated rings. The first-order valence-electron chi connectivity index (χ1n) is 8.77. The Labute approximate surface area is 147 Å². The first-order valence-corrected chi connectivity index (χ1v) is 9.82. The minimum Gasteiger partial charge on any atom is -0.347 e. The van der Waals surface area contributed by atoms with E-state index in [1.54, 1.807) is 0 Å². The number of amides is 3. The second kappa shape index (κ2) is 9.88. The van der Waals surface area contributed by atoms with E-state index >= 15 is 0 Å². The Morgan fingerprint density at radius 3 is 2.92 bits per heavy atom. The Bertz CT molecular complexity index is 449. The average Bonchev–Trinajstić information content (AvgIpc) is 3.10. The first-order chi connectivity index (χ1) is 11.6. The molecule has 24 heavy (non-hydrogen) atoms. The molecule has 7 nitrogen and oxygen atoms in total. The third-order valence-corrected chi connectivity index (χ3v) is 6.07. The molecule has 0 unspecified atom stereocenters. The molecule has 0 aliphatic carbocycles. The molecule has 0 spiro atoms. The van der Waals surface area contributed by atoms with Crippen LogP contribution in [0.1, 0.15) is 44.9 Å². The second-order valence-corrected chi connectivity index (χ2v) is 7.73. The lowest BCUT2D eigenvalue weighted by atomic mass is 10.0. The van der Waals surface area contributed by atoms with E-state index in [0.29, 0.717) is 24.6 Å². The Hall–Kier alpha value is -1.28. The molecule has 0 aromatic heterocycles. The molecule has 136 valence electrons. The van der Waals surface area contributed by atoms with Crippen molar-refractivity contribution >= 4 is 30.0 Å². The van der Waals surface area contributed by atoms with Crippen molar-refractivity contribution in [2.24, 2.45) is 5.73 Å². The maximum Gasteiger partial charge on any atom is 0.315 e. The van der Waals surface area contributed by atoms with Crippen LogP contribution in [0.5, 0.6) is 0 Å². The zero-order valence-electron chi connectivity index (χ0n) is 14.0. The molecule has 8 heteroatoms. The van der Waals surface area contributed by atoms with Gasteiger partial charge in [-0.1, -0.05) is 6.42 Å². The molecule has 0 bridgehead atoms. The summed E-state index contributed by atoms with van der Waals surface area (Å²) in [7, 11) is 0. The number of carbonyl (C=O) groups is 3. The lowest BCUT2D eigenvalue weighted by Gasteiger charge is -2.16. The molecule has 2 rings (SSSR count). The molecule has 4 atom stereocenters. The van der Waals surface area contributed by atoms with Gasteiger partial charge >= 0.3 is 6.03 Å². The molecule has 3 amide bonds. The summed E-state index contributed by atoms with van der Waals surface area (Å²) < 4.78 is 0. The van der Waals surface area contributed by atoms with Gasteiger partial charge in [0.15, 0.2) is 0 Å². The number of unbranched alkanes of at least 4 members (excludes halogenated alkanes) is 2. The van der Waals surface area contributed by atoms with Crippen molar-refractivity contribution in [2.75, 3.05) is 12.3 Å². The summed E-state index contributed by atoms with van der Waals surface area (Å²) in [6.07, 6.45) is 6.36. The summed E-state index contributed by atoms with van der Waals surface area (Å²) in [5.41, 5.74) is 5.43. The van der Waals surface area contributed by atoms with E-state index in [9.17, 15) is 14.4 Å². The van der Waals surface area contributed by atoms with Crippen molar-refractivity contribution < 1.29 is 14.4 Å². The van der Waals surface area contributed by atoms with Crippen LogP contribution in [0, 0.1) is 0 Å². The molecule has 2 heterocycles. The third-order valence-electron chi connectivity index (χ3n) is 4.56. The summed E-state index contributed by atoms with van der Waals surface area (Å²) in [4.78, 5) is 34.2. The van der Waals surface area contributed by atoms with Crippen molar-refractivity contribution in [2.45, 2.75) is 68.3 Å². The monoisotopic (exact) mass is 356 g/mol. The minimum atomic E-state index is -0.394. The Morgan fingerprint density at radius 1 is 1.33 bits per heavy atom. The van der Waals surface area contributed by atoms with Gasteiger partial charge in [-0.2, -0.15) is 11.8 Å². The van der Waals surface area contributed by atoms with Crippen LogP contribution in [0.4, 0.5) is 4.79 Å². The summed E-state index contributed by atoms with van der Waals surface area (Å²) >= 11 is 1.89. The molecule has 0 aromatic carbocycles. The fraction of sp³-hybridized carbons (Fsp3) is 0.812. The van der Waals surface area contributed by atoms with Crippen molar-refractivity contribution in [3.05, 3.63) is 0 Å². The number of rotatable bonds is 11. The predicted octanol–water partition coefficient (Wildman–Crippen LogP) is 0.525. The molecular weight excluding hydrogens is 328 g/mol. The third kappa shape index (κ3) is 5.66. The summed E-state index contributed by atoms with van der Waals surface area (Å²) in [6, 6.07) is 0.00942. The van der Waals surface area contributed by atoms with E-state index in [1.165, 1.54) is 0 Å². The Morgan fingerprint density at radius 2 is 2.17 bits per heavy atom. The summed E-state index contributed by atoms with van der Waals surface area (Å²) in [5, 5.41) is 9.11. The van der Waals surface area contributed by atoms with Gasteiger partial charge in [0.25, 0.3) is 0 Å². The Balaban J connectivity index is 1.57. The maximum atomic E-state index is 11.9. The molecule has 2 aliphatic rings. The lowest BCUT2D eigenvalue weighted by molar-refractivity contribution is -0.124. The van der Waals surface area contributed by atoms with Crippen LogP contribution >= 0.6 is 11.8 Å². The van der Waals surface area contributed by atoms with Gasteiger partial charge in [-0.3, -0.25) is 4.79 Å². The highest BCUT2D eigenvalue weighted by Crippen LogP contribution is 2.33. The number of hydrogen-bond donors (Lipinski definition) is 4. The molecule has 2 saturated heterocycles. The van der Waals surface area contributed by atoms with Crippen molar-refractivity contribution in [3.8, 4) is 0 Å².